The van der Waals surface area contributed by atoms with Crippen molar-refractivity contribution in [3.8, 4) is 10.6 Å². The van der Waals surface area contributed by atoms with Gasteiger partial charge in [-0.1, -0.05) is 24.3 Å². The summed E-state index contributed by atoms with van der Waals surface area (Å²) in [4.78, 5) is 31.6. The van der Waals surface area contributed by atoms with E-state index in [2.05, 4.69) is 38.1 Å². The number of carbonyl (C=O) groups excluding carboxylic acids is 1. The minimum Gasteiger partial charge on any atom is -0.344 e. The predicted octanol–water partition coefficient (Wildman–Crippen LogP) is 3.55. The summed E-state index contributed by atoms with van der Waals surface area (Å²) in [6.07, 6.45) is 1.63. The van der Waals surface area contributed by atoms with Gasteiger partial charge in [0, 0.05) is 28.7 Å². The number of hydrogen-bond donors (Lipinski definition) is 2. The SMILES string of the molecule is CCn1c(C)c(/C=N/NC(=O)c2cc(-c3cccs3)[nH]c(=O)n2)c2ccccc21. The lowest BCUT2D eigenvalue weighted by molar-refractivity contribution is 0.0949. The van der Waals surface area contributed by atoms with Gasteiger partial charge in [0.15, 0.2) is 0 Å². The maximum Gasteiger partial charge on any atom is 0.346 e. The van der Waals surface area contributed by atoms with Crippen molar-refractivity contribution in [3.63, 3.8) is 0 Å². The molecule has 0 saturated carbocycles. The van der Waals surface area contributed by atoms with Crippen molar-refractivity contribution in [3.05, 3.63) is 75.3 Å². The van der Waals surface area contributed by atoms with Crippen molar-refractivity contribution in [2.24, 2.45) is 5.10 Å². The van der Waals surface area contributed by atoms with E-state index in [1.54, 1.807) is 12.3 Å². The quantitative estimate of drug-likeness (QED) is 0.393. The number of nitrogens with zero attached hydrogens (tertiary/aromatic N) is 3. The molecule has 1 amide bonds. The fraction of sp³-hybridized carbons (Fsp3) is 0.143. The molecule has 0 saturated heterocycles. The van der Waals surface area contributed by atoms with Crippen LogP contribution in [0.4, 0.5) is 0 Å². The van der Waals surface area contributed by atoms with Gasteiger partial charge >= 0.3 is 5.69 Å². The average Bonchev–Trinajstić information content (AvgIpc) is 3.34. The summed E-state index contributed by atoms with van der Waals surface area (Å²) < 4.78 is 2.20. The molecular weight excluding hydrogens is 386 g/mol. The summed E-state index contributed by atoms with van der Waals surface area (Å²) in [5, 5.41) is 7.08. The van der Waals surface area contributed by atoms with Gasteiger partial charge in [0.2, 0.25) is 0 Å². The van der Waals surface area contributed by atoms with Crippen LogP contribution in [0, 0.1) is 6.92 Å². The Labute approximate surface area is 170 Å². The van der Waals surface area contributed by atoms with Gasteiger partial charge in [-0.2, -0.15) is 10.1 Å². The van der Waals surface area contributed by atoms with Crippen molar-refractivity contribution in [2.75, 3.05) is 0 Å². The van der Waals surface area contributed by atoms with E-state index >= 15 is 0 Å². The van der Waals surface area contributed by atoms with Crippen LogP contribution in [0.2, 0.25) is 0 Å². The second-order valence-corrected chi connectivity index (χ2v) is 7.37. The molecule has 0 bridgehead atoms. The number of aromatic nitrogens is 3. The number of aromatic amines is 1. The Morgan fingerprint density at radius 3 is 2.90 bits per heavy atom. The second-order valence-electron chi connectivity index (χ2n) is 6.42. The number of benzene rings is 1. The van der Waals surface area contributed by atoms with Crippen molar-refractivity contribution >= 4 is 34.4 Å². The highest BCUT2D eigenvalue weighted by Crippen LogP contribution is 2.24. The van der Waals surface area contributed by atoms with Crippen molar-refractivity contribution in [1.29, 1.82) is 0 Å². The van der Waals surface area contributed by atoms with Gasteiger partial charge in [-0.15, -0.1) is 11.3 Å². The van der Waals surface area contributed by atoms with E-state index < -0.39 is 11.6 Å². The van der Waals surface area contributed by atoms with Crippen LogP contribution in [0.25, 0.3) is 21.5 Å². The smallest absolute Gasteiger partial charge is 0.344 e. The zero-order valence-corrected chi connectivity index (χ0v) is 16.8. The number of hydrogen-bond acceptors (Lipinski definition) is 5. The fourth-order valence-electron chi connectivity index (χ4n) is 3.38. The molecule has 0 aliphatic carbocycles. The molecular formula is C21H19N5O2S. The van der Waals surface area contributed by atoms with Crippen LogP contribution in [0.5, 0.6) is 0 Å². The summed E-state index contributed by atoms with van der Waals surface area (Å²) in [7, 11) is 0. The molecule has 8 heteroatoms. The number of nitrogens with one attached hydrogen (secondary N) is 2. The van der Waals surface area contributed by atoms with E-state index in [4.69, 9.17) is 0 Å². The summed E-state index contributed by atoms with van der Waals surface area (Å²) in [6.45, 7) is 4.96. The third kappa shape index (κ3) is 3.62. The Kier molecular flexibility index (Phi) is 5.09. The first-order valence-electron chi connectivity index (χ1n) is 9.15. The molecule has 29 heavy (non-hydrogen) atoms. The zero-order valence-electron chi connectivity index (χ0n) is 16.0. The third-order valence-corrected chi connectivity index (χ3v) is 5.62. The van der Waals surface area contributed by atoms with Crippen molar-refractivity contribution in [2.45, 2.75) is 20.4 Å². The van der Waals surface area contributed by atoms with E-state index in [1.807, 2.05) is 42.6 Å². The number of thiophene rings is 1. The van der Waals surface area contributed by atoms with Gasteiger partial charge in [0.1, 0.15) is 5.69 Å². The number of rotatable bonds is 5. The summed E-state index contributed by atoms with van der Waals surface area (Å²) in [6, 6.07) is 13.4. The number of para-hydroxylation sites is 1. The van der Waals surface area contributed by atoms with E-state index in [9.17, 15) is 9.59 Å². The van der Waals surface area contributed by atoms with Gasteiger partial charge in [0.05, 0.1) is 16.8 Å². The molecule has 0 fully saturated rings. The van der Waals surface area contributed by atoms with Gasteiger partial charge in [-0.25, -0.2) is 10.2 Å². The van der Waals surface area contributed by atoms with E-state index in [-0.39, 0.29) is 5.69 Å². The van der Waals surface area contributed by atoms with Gasteiger partial charge in [-0.05, 0) is 37.4 Å². The molecule has 0 atom stereocenters. The van der Waals surface area contributed by atoms with E-state index in [0.29, 0.717) is 5.69 Å². The van der Waals surface area contributed by atoms with Gasteiger partial charge in [-0.3, -0.25) is 4.79 Å². The Morgan fingerprint density at radius 1 is 1.31 bits per heavy atom. The molecule has 0 unspecified atom stereocenters. The molecule has 4 aromatic rings. The highest BCUT2D eigenvalue weighted by molar-refractivity contribution is 7.13. The highest BCUT2D eigenvalue weighted by Gasteiger charge is 2.13. The van der Waals surface area contributed by atoms with Crippen LogP contribution >= 0.6 is 11.3 Å². The minimum atomic E-state index is -0.577. The summed E-state index contributed by atoms with van der Waals surface area (Å²) >= 11 is 1.47. The number of carbonyl (C=O) groups is 1. The lowest BCUT2D eigenvalue weighted by Gasteiger charge is -2.03. The lowest BCUT2D eigenvalue weighted by Crippen LogP contribution is -2.24. The molecule has 7 nitrogen and oxygen atoms in total. The summed E-state index contributed by atoms with van der Waals surface area (Å²) in [5.41, 5.74) is 5.60. The second kappa shape index (κ2) is 7.84. The fourth-order valence-corrected chi connectivity index (χ4v) is 4.08. The van der Waals surface area contributed by atoms with Crippen LogP contribution in [0.3, 0.4) is 0 Å². The molecule has 4 rings (SSSR count). The molecule has 0 aliphatic rings. The Hall–Kier alpha value is -3.52. The Morgan fingerprint density at radius 2 is 2.14 bits per heavy atom. The van der Waals surface area contributed by atoms with Crippen LogP contribution in [0.1, 0.15) is 28.7 Å². The summed E-state index contributed by atoms with van der Waals surface area (Å²) in [5.74, 6) is -0.540. The Bertz CT molecular complexity index is 1270. The number of hydrazone groups is 1. The maximum atomic E-state index is 12.5. The van der Waals surface area contributed by atoms with E-state index in [1.165, 1.54) is 11.3 Å². The number of amides is 1. The first-order valence-corrected chi connectivity index (χ1v) is 10.0. The largest absolute Gasteiger partial charge is 0.346 e. The Balaban J connectivity index is 1.60. The molecule has 0 radical (unpaired) electrons. The van der Waals surface area contributed by atoms with E-state index in [0.717, 1.165) is 33.6 Å². The normalized spacial score (nSPS) is 11.4. The first-order chi connectivity index (χ1) is 14.1. The number of fused-ring (bicyclic) bond motifs is 1. The van der Waals surface area contributed by atoms with Crippen LogP contribution in [0.15, 0.2) is 57.7 Å². The molecule has 3 heterocycles. The number of aryl methyl sites for hydroxylation is 1. The molecule has 0 spiro atoms. The van der Waals surface area contributed by atoms with Crippen LogP contribution in [-0.4, -0.2) is 26.7 Å². The first kappa shape index (κ1) is 18.8. The average molecular weight is 405 g/mol. The van der Waals surface area contributed by atoms with Gasteiger partial charge in [0.25, 0.3) is 5.91 Å². The van der Waals surface area contributed by atoms with Crippen molar-refractivity contribution < 1.29 is 4.79 Å². The van der Waals surface area contributed by atoms with Gasteiger partial charge < -0.3 is 9.55 Å². The minimum absolute atomic E-state index is 0.0157. The van der Waals surface area contributed by atoms with Crippen molar-refractivity contribution in [1.82, 2.24) is 20.0 Å². The maximum absolute atomic E-state index is 12.5. The molecule has 0 aliphatic heterocycles. The third-order valence-electron chi connectivity index (χ3n) is 4.72. The molecule has 2 N–H and O–H groups in total. The standard InChI is InChI=1S/C21H19N5O2S/c1-3-26-13(2)15(14-7-4-5-8-18(14)26)12-22-25-20(27)17-11-16(23-21(28)24-17)19-9-6-10-29-19/h4-12H,3H2,1-2H3,(H,25,27)(H,23,24,28)/b22-12+. The molecule has 3 aromatic heterocycles. The lowest BCUT2D eigenvalue weighted by atomic mass is 10.1. The molecule has 146 valence electrons. The van der Waals surface area contributed by atoms with Crippen LogP contribution in [-0.2, 0) is 6.54 Å². The zero-order chi connectivity index (χ0) is 20.4. The monoisotopic (exact) mass is 405 g/mol. The van der Waals surface area contributed by atoms with Crippen LogP contribution < -0.4 is 11.1 Å². The predicted molar refractivity (Wildman–Crippen MR) is 116 cm³/mol. The highest BCUT2D eigenvalue weighted by atomic mass is 32.1. The molecule has 1 aromatic carbocycles. The number of H-pyrrole nitrogens is 1. The topological polar surface area (TPSA) is 92.1 Å².